The molecule has 5 aliphatic heterocycles. The van der Waals surface area contributed by atoms with Gasteiger partial charge in [0.1, 0.15) is 16.8 Å². The van der Waals surface area contributed by atoms with Crippen molar-refractivity contribution in [1.82, 2.24) is 35.0 Å². The molecule has 5 aliphatic rings. The molecular formula is C46H55ClN10O7. The summed E-state index contributed by atoms with van der Waals surface area (Å²) in [5.74, 6) is 1.24. The number of anilines is 4. The Labute approximate surface area is 376 Å². The number of piperidine rings is 3. The highest BCUT2D eigenvalue weighted by Gasteiger charge is 2.47. The van der Waals surface area contributed by atoms with Crippen LogP contribution in [0.3, 0.4) is 0 Å². The van der Waals surface area contributed by atoms with Crippen molar-refractivity contribution in [2.75, 3.05) is 81.7 Å². The summed E-state index contributed by atoms with van der Waals surface area (Å²) < 4.78 is 13.2. The average molecular weight is 895 g/mol. The largest absolute Gasteiger partial charge is 0.494 e. The fourth-order valence-corrected chi connectivity index (χ4v) is 10.3. The number of hydrogen-bond acceptors (Lipinski definition) is 13. The van der Waals surface area contributed by atoms with Crippen LogP contribution in [0.2, 0.25) is 5.02 Å². The zero-order chi connectivity index (χ0) is 44.9. The van der Waals surface area contributed by atoms with E-state index in [2.05, 4.69) is 35.6 Å². The second kappa shape index (κ2) is 17.6. The van der Waals surface area contributed by atoms with Crippen LogP contribution >= 0.6 is 11.6 Å². The predicted molar refractivity (Wildman–Crippen MR) is 243 cm³/mol. The van der Waals surface area contributed by atoms with Gasteiger partial charge in [-0.3, -0.25) is 29.3 Å². The molecule has 7 heterocycles. The second-order valence-corrected chi connectivity index (χ2v) is 18.5. The number of nitrogens with one attached hydrogen (secondary N) is 3. The molecule has 1 atom stereocenters. The Kier molecular flexibility index (Phi) is 11.9. The molecule has 0 saturated carbocycles. The highest BCUT2D eigenvalue weighted by molar-refractivity contribution is 6.33. The molecule has 338 valence electrons. The monoisotopic (exact) mass is 894 g/mol. The molecule has 4 amide bonds. The van der Waals surface area contributed by atoms with Crippen molar-refractivity contribution in [3.8, 4) is 11.5 Å². The van der Waals surface area contributed by atoms with Gasteiger partial charge in [-0.15, -0.1) is 0 Å². The van der Waals surface area contributed by atoms with Crippen molar-refractivity contribution < 1.29 is 28.7 Å². The number of aromatic nitrogens is 3. The molecule has 1 unspecified atom stereocenters. The molecule has 2 aromatic heterocycles. The van der Waals surface area contributed by atoms with E-state index in [4.69, 9.17) is 26.1 Å². The number of pyridine rings is 1. The molecule has 64 heavy (non-hydrogen) atoms. The number of methoxy groups -OCH3 is 1. The maximum absolute atomic E-state index is 13.4. The third kappa shape index (κ3) is 8.30. The van der Waals surface area contributed by atoms with Crippen molar-refractivity contribution in [2.24, 2.45) is 11.3 Å². The third-order valence-electron chi connectivity index (χ3n) is 13.7. The van der Waals surface area contributed by atoms with Gasteiger partial charge in [-0.1, -0.05) is 11.6 Å². The number of halogens is 1. The first-order valence-electron chi connectivity index (χ1n) is 22.2. The van der Waals surface area contributed by atoms with Crippen molar-refractivity contribution in [1.29, 1.82) is 0 Å². The number of likely N-dealkylation sites (tertiary alicyclic amines) is 1. The van der Waals surface area contributed by atoms with Gasteiger partial charge in [0.15, 0.2) is 18.2 Å². The lowest BCUT2D eigenvalue weighted by molar-refractivity contribution is -0.137. The summed E-state index contributed by atoms with van der Waals surface area (Å²) in [5, 5.41) is 9.39. The summed E-state index contributed by atoms with van der Waals surface area (Å²) >= 11 is 6.63. The number of amides is 4. The Hall–Kier alpha value is -5.94. The number of carbonyl (C=O) groups excluding carboxylic acids is 4. The number of fused-ring (bicyclic) bond motifs is 2. The summed E-state index contributed by atoms with van der Waals surface area (Å²) in [6.45, 7) is 10.7. The van der Waals surface area contributed by atoms with Crippen LogP contribution in [0, 0.1) is 11.3 Å². The van der Waals surface area contributed by atoms with E-state index in [0.717, 1.165) is 99.3 Å². The van der Waals surface area contributed by atoms with Crippen molar-refractivity contribution >= 4 is 69.3 Å². The smallest absolute Gasteiger partial charge is 0.293 e. The molecule has 0 aliphatic carbocycles. The van der Waals surface area contributed by atoms with Crippen molar-refractivity contribution in [3.05, 3.63) is 69.1 Å². The van der Waals surface area contributed by atoms with E-state index in [1.165, 1.54) is 7.05 Å². The number of ether oxygens (including phenoxy) is 2. The van der Waals surface area contributed by atoms with Gasteiger partial charge in [0.25, 0.3) is 17.4 Å². The number of rotatable bonds is 12. The highest BCUT2D eigenvalue weighted by atomic mass is 35.5. The van der Waals surface area contributed by atoms with E-state index in [-0.39, 0.29) is 60.1 Å². The van der Waals surface area contributed by atoms with Crippen LogP contribution in [0.15, 0.2) is 47.4 Å². The first-order valence-corrected chi connectivity index (χ1v) is 22.6. The van der Waals surface area contributed by atoms with Crippen LogP contribution in [-0.4, -0.2) is 121 Å². The van der Waals surface area contributed by atoms with Crippen molar-refractivity contribution in [2.45, 2.75) is 71.0 Å². The van der Waals surface area contributed by atoms with E-state index in [0.29, 0.717) is 40.4 Å². The zero-order valence-electron chi connectivity index (χ0n) is 36.7. The summed E-state index contributed by atoms with van der Waals surface area (Å²) in [5.41, 5.74) is 3.77. The Morgan fingerprint density at radius 1 is 1.00 bits per heavy atom. The summed E-state index contributed by atoms with van der Waals surface area (Å²) in [7, 11) is 3.16. The van der Waals surface area contributed by atoms with Crippen LogP contribution in [0.25, 0.3) is 10.9 Å². The molecule has 4 fully saturated rings. The standard InChI is InChI=1S/C46H55ClN10O7/c1-27(2)57-34-7-5-30(19-29(34)20-37(44(57)62)64-24-39(59)48-3)50-41-33(47)21-49-45(52-41)54-15-11-28(12-16-54)22-53-17-13-46(14-18-53)25-55(26-46)35-8-6-31-32(40(35)63-4)23-56(43(31)61)36-9-10-38(58)51-42(36)60/h5-8,19-21,27-28,36H,9-18,22-26H2,1-4H3,(H,48,59)(H,49,50,52)(H,51,58,60). The number of hydrogen-bond donors (Lipinski definition) is 3. The summed E-state index contributed by atoms with van der Waals surface area (Å²) in [4.78, 5) is 81.1. The maximum atomic E-state index is 13.4. The second-order valence-electron chi connectivity index (χ2n) is 18.1. The van der Waals surface area contributed by atoms with Gasteiger partial charge < -0.3 is 44.3 Å². The van der Waals surface area contributed by atoms with Gasteiger partial charge in [0.2, 0.25) is 17.8 Å². The molecule has 2 aromatic carbocycles. The molecular weight excluding hydrogens is 840 g/mol. The summed E-state index contributed by atoms with van der Waals surface area (Å²) in [6.07, 6.45) is 6.52. The number of nitrogens with zero attached hydrogens (tertiary/aromatic N) is 7. The number of carbonyl (C=O) groups is 4. The number of benzene rings is 2. The molecule has 17 nitrogen and oxygen atoms in total. The SMILES string of the molecule is CNC(=O)COc1cc2cc(Nc3nc(N4CCC(CN5CCC6(CC5)CN(c5ccc7c(c5OC)CN(C5CCC(=O)NC5=O)C7=O)C6)CC4)ncc3Cl)ccc2n(C(C)C)c1=O. The van der Waals surface area contributed by atoms with Gasteiger partial charge in [0, 0.05) is 79.8 Å². The third-order valence-corrected chi connectivity index (χ3v) is 14.0. The Morgan fingerprint density at radius 2 is 1.77 bits per heavy atom. The van der Waals surface area contributed by atoms with E-state index in [1.807, 2.05) is 44.2 Å². The average Bonchev–Trinajstić information content (AvgIpc) is 3.61. The van der Waals surface area contributed by atoms with Gasteiger partial charge in [0.05, 0.1) is 31.1 Å². The maximum Gasteiger partial charge on any atom is 0.293 e. The van der Waals surface area contributed by atoms with Crippen LogP contribution in [0.5, 0.6) is 11.5 Å². The quantitative estimate of drug-likeness (QED) is 0.170. The minimum Gasteiger partial charge on any atom is -0.494 e. The summed E-state index contributed by atoms with van der Waals surface area (Å²) in [6, 6.07) is 10.4. The molecule has 3 N–H and O–H groups in total. The predicted octanol–water partition coefficient (Wildman–Crippen LogP) is 4.48. The van der Waals surface area contributed by atoms with E-state index < -0.39 is 11.9 Å². The minimum atomic E-state index is -0.662. The minimum absolute atomic E-state index is 0.0977. The Balaban J connectivity index is 0.773. The van der Waals surface area contributed by atoms with Crippen LogP contribution in [-0.2, 0) is 20.9 Å². The van der Waals surface area contributed by atoms with Gasteiger partial charge in [-0.05, 0) is 101 Å². The zero-order valence-corrected chi connectivity index (χ0v) is 37.5. The molecule has 1 spiro atoms. The fourth-order valence-electron chi connectivity index (χ4n) is 10.2. The van der Waals surface area contributed by atoms with Gasteiger partial charge in [-0.2, -0.15) is 4.98 Å². The van der Waals surface area contributed by atoms with E-state index >= 15 is 0 Å². The van der Waals surface area contributed by atoms with E-state index in [1.54, 1.807) is 28.8 Å². The van der Waals surface area contributed by atoms with Crippen molar-refractivity contribution in [3.63, 3.8) is 0 Å². The first kappa shape index (κ1) is 43.3. The van der Waals surface area contributed by atoms with Crippen LogP contribution in [0.1, 0.15) is 74.3 Å². The fraction of sp³-hybridized carbons (Fsp3) is 0.500. The van der Waals surface area contributed by atoms with Gasteiger partial charge in [-0.25, -0.2) is 4.98 Å². The Morgan fingerprint density at radius 3 is 2.47 bits per heavy atom. The normalized spacial score (nSPS) is 20.1. The molecule has 4 saturated heterocycles. The molecule has 18 heteroatoms. The Bertz CT molecular complexity index is 2560. The topological polar surface area (TPSA) is 184 Å². The van der Waals surface area contributed by atoms with Crippen LogP contribution in [0.4, 0.5) is 23.1 Å². The number of imide groups is 1. The molecule has 0 bridgehead atoms. The highest BCUT2D eigenvalue weighted by Crippen LogP contribution is 2.48. The molecule has 9 rings (SSSR count). The van der Waals surface area contributed by atoms with Crippen LogP contribution < -0.4 is 40.8 Å². The molecule has 4 aromatic rings. The first-order chi connectivity index (χ1) is 30.8. The van der Waals surface area contributed by atoms with Gasteiger partial charge >= 0.3 is 0 Å². The molecule has 0 radical (unpaired) electrons. The number of likely N-dealkylation sites (N-methyl/N-ethyl adjacent to an activating group) is 1. The van der Waals surface area contributed by atoms with E-state index in [9.17, 15) is 24.0 Å². The lowest BCUT2D eigenvalue weighted by Crippen LogP contribution is -2.61. The lowest BCUT2D eigenvalue weighted by Gasteiger charge is -2.55. The lowest BCUT2D eigenvalue weighted by atomic mass is 9.71.